The van der Waals surface area contributed by atoms with E-state index in [0.717, 1.165) is 19.3 Å². The maximum absolute atomic E-state index is 12.0. The van der Waals surface area contributed by atoms with Gasteiger partial charge in [-0.1, -0.05) is 27.7 Å². The third kappa shape index (κ3) is 5.38. The molecule has 0 bridgehead atoms. The average molecular weight is 254 g/mol. The Labute approximate surface area is 112 Å². The highest BCUT2D eigenvalue weighted by molar-refractivity contribution is 5.76. The molecule has 0 aromatic heterocycles. The first-order chi connectivity index (χ1) is 8.32. The van der Waals surface area contributed by atoms with Gasteiger partial charge in [0.25, 0.3) is 0 Å². The Balaban J connectivity index is 2.32. The van der Waals surface area contributed by atoms with Crippen molar-refractivity contribution in [2.75, 3.05) is 6.54 Å². The summed E-state index contributed by atoms with van der Waals surface area (Å²) in [6.45, 7) is 9.53. The van der Waals surface area contributed by atoms with E-state index in [1.165, 1.54) is 6.42 Å². The van der Waals surface area contributed by atoms with Crippen LogP contribution in [-0.2, 0) is 4.79 Å². The minimum absolute atomic E-state index is 0.189. The van der Waals surface area contributed by atoms with Crippen molar-refractivity contribution in [1.82, 2.24) is 5.32 Å². The molecule has 1 saturated carbocycles. The van der Waals surface area contributed by atoms with E-state index in [2.05, 4.69) is 33.0 Å². The maximum Gasteiger partial charge on any atom is 0.220 e. The van der Waals surface area contributed by atoms with Gasteiger partial charge in [0.05, 0.1) is 0 Å². The first kappa shape index (κ1) is 15.5. The number of nitrogens with one attached hydrogen (secondary N) is 1. The molecule has 0 aliphatic heterocycles. The smallest absolute Gasteiger partial charge is 0.220 e. The van der Waals surface area contributed by atoms with Gasteiger partial charge in [-0.05, 0) is 49.5 Å². The molecule has 3 nitrogen and oxygen atoms in total. The second kappa shape index (κ2) is 6.55. The van der Waals surface area contributed by atoms with Crippen LogP contribution in [0, 0.1) is 17.3 Å². The fourth-order valence-electron chi connectivity index (χ4n) is 3.04. The van der Waals surface area contributed by atoms with Crippen molar-refractivity contribution in [3.8, 4) is 0 Å². The van der Waals surface area contributed by atoms with Gasteiger partial charge in [0.2, 0.25) is 5.91 Å². The van der Waals surface area contributed by atoms with Crippen LogP contribution < -0.4 is 11.1 Å². The predicted octanol–water partition coefficient (Wildman–Crippen LogP) is 2.69. The lowest BCUT2D eigenvalue weighted by Gasteiger charge is -2.20. The molecule has 1 fully saturated rings. The SMILES string of the molecule is CC(C)CC(CN)CC(=O)NC1CCC(C)(C)C1. The molecule has 1 aliphatic carbocycles. The van der Waals surface area contributed by atoms with E-state index in [1.807, 2.05) is 0 Å². The van der Waals surface area contributed by atoms with Gasteiger partial charge in [-0.25, -0.2) is 0 Å². The molecule has 0 spiro atoms. The second-order valence-corrected chi connectivity index (χ2v) is 7.11. The molecule has 2 atom stereocenters. The number of nitrogens with two attached hydrogens (primary N) is 1. The molecule has 2 unspecified atom stereocenters. The number of carbonyl (C=O) groups is 1. The quantitative estimate of drug-likeness (QED) is 0.765. The van der Waals surface area contributed by atoms with Crippen molar-refractivity contribution >= 4 is 5.91 Å². The molecule has 0 heterocycles. The standard InChI is InChI=1S/C15H30N2O/c1-11(2)7-12(10-16)8-14(18)17-13-5-6-15(3,4)9-13/h11-13H,5-10,16H2,1-4H3,(H,17,18). The average Bonchev–Trinajstić information content (AvgIpc) is 2.56. The maximum atomic E-state index is 12.0. The minimum Gasteiger partial charge on any atom is -0.353 e. The van der Waals surface area contributed by atoms with Crippen LogP contribution >= 0.6 is 0 Å². The van der Waals surface area contributed by atoms with E-state index in [1.54, 1.807) is 0 Å². The number of amides is 1. The molecule has 0 saturated heterocycles. The fraction of sp³-hybridized carbons (Fsp3) is 0.933. The largest absolute Gasteiger partial charge is 0.353 e. The van der Waals surface area contributed by atoms with E-state index in [-0.39, 0.29) is 5.91 Å². The van der Waals surface area contributed by atoms with E-state index < -0.39 is 0 Å². The number of carbonyl (C=O) groups excluding carboxylic acids is 1. The Morgan fingerprint density at radius 3 is 2.56 bits per heavy atom. The zero-order valence-corrected chi connectivity index (χ0v) is 12.5. The van der Waals surface area contributed by atoms with Crippen molar-refractivity contribution in [3.63, 3.8) is 0 Å². The second-order valence-electron chi connectivity index (χ2n) is 7.11. The van der Waals surface area contributed by atoms with Crippen LogP contribution in [0.3, 0.4) is 0 Å². The minimum atomic E-state index is 0.189. The summed E-state index contributed by atoms with van der Waals surface area (Å²) in [7, 11) is 0. The van der Waals surface area contributed by atoms with Crippen molar-refractivity contribution in [3.05, 3.63) is 0 Å². The molecule has 1 rings (SSSR count). The van der Waals surface area contributed by atoms with Gasteiger partial charge in [0, 0.05) is 12.5 Å². The molecule has 106 valence electrons. The zero-order valence-electron chi connectivity index (χ0n) is 12.5. The molecular formula is C15H30N2O. The Bertz CT molecular complexity index is 268. The first-order valence-corrected chi connectivity index (χ1v) is 7.32. The van der Waals surface area contributed by atoms with E-state index in [0.29, 0.717) is 36.3 Å². The normalized spacial score (nSPS) is 24.2. The van der Waals surface area contributed by atoms with Gasteiger partial charge < -0.3 is 11.1 Å². The number of rotatable bonds is 6. The fourth-order valence-corrected chi connectivity index (χ4v) is 3.04. The van der Waals surface area contributed by atoms with Crippen molar-refractivity contribution < 1.29 is 4.79 Å². The summed E-state index contributed by atoms with van der Waals surface area (Å²) in [6, 6.07) is 0.380. The van der Waals surface area contributed by atoms with Crippen LogP contribution in [0.5, 0.6) is 0 Å². The van der Waals surface area contributed by atoms with Crippen LogP contribution in [0.15, 0.2) is 0 Å². The third-order valence-electron chi connectivity index (χ3n) is 3.95. The van der Waals surface area contributed by atoms with Crippen LogP contribution in [0.1, 0.15) is 59.8 Å². The van der Waals surface area contributed by atoms with Crippen LogP contribution in [-0.4, -0.2) is 18.5 Å². The van der Waals surface area contributed by atoms with Crippen LogP contribution in [0.25, 0.3) is 0 Å². The summed E-state index contributed by atoms with van der Waals surface area (Å²) in [4.78, 5) is 12.0. The lowest BCUT2D eigenvalue weighted by Crippen LogP contribution is -2.35. The summed E-state index contributed by atoms with van der Waals surface area (Å²) in [5, 5.41) is 3.18. The summed E-state index contributed by atoms with van der Waals surface area (Å²) in [5.74, 6) is 1.13. The molecule has 3 heteroatoms. The Hall–Kier alpha value is -0.570. The molecule has 0 aromatic rings. The van der Waals surface area contributed by atoms with Gasteiger partial charge >= 0.3 is 0 Å². The lowest BCUT2D eigenvalue weighted by molar-refractivity contribution is -0.122. The number of hydrogen-bond acceptors (Lipinski definition) is 2. The summed E-state index contributed by atoms with van der Waals surface area (Å²) in [6.07, 6.45) is 5.07. The van der Waals surface area contributed by atoms with E-state index in [9.17, 15) is 4.79 Å². The monoisotopic (exact) mass is 254 g/mol. The van der Waals surface area contributed by atoms with Crippen molar-refractivity contribution in [1.29, 1.82) is 0 Å². The van der Waals surface area contributed by atoms with Crippen LogP contribution in [0.4, 0.5) is 0 Å². The van der Waals surface area contributed by atoms with Crippen LogP contribution in [0.2, 0.25) is 0 Å². The summed E-state index contributed by atoms with van der Waals surface area (Å²) < 4.78 is 0. The number of hydrogen-bond donors (Lipinski definition) is 2. The topological polar surface area (TPSA) is 55.1 Å². The first-order valence-electron chi connectivity index (χ1n) is 7.32. The van der Waals surface area contributed by atoms with Gasteiger partial charge in [0.15, 0.2) is 0 Å². The molecular weight excluding hydrogens is 224 g/mol. The van der Waals surface area contributed by atoms with Gasteiger partial charge in [-0.3, -0.25) is 4.79 Å². The highest BCUT2D eigenvalue weighted by Crippen LogP contribution is 2.36. The van der Waals surface area contributed by atoms with Crippen molar-refractivity contribution in [2.45, 2.75) is 65.8 Å². The molecule has 1 amide bonds. The molecule has 1 aliphatic rings. The molecule has 3 N–H and O–H groups in total. The van der Waals surface area contributed by atoms with Crippen molar-refractivity contribution in [2.24, 2.45) is 23.0 Å². The highest BCUT2D eigenvalue weighted by Gasteiger charge is 2.31. The Kier molecular flexibility index (Phi) is 5.64. The van der Waals surface area contributed by atoms with Gasteiger partial charge in [0.1, 0.15) is 0 Å². The third-order valence-corrected chi connectivity index (χ3v) is 3.95. The highest BCUT2D eigenvalue weighted by atomic mass is 16.1. The predicted molar refractivity (Wildman–Crippen MR) is 76.2 cm³/mol. The summed E-state index contributed by atoms with van der Waals surface area (Å²) >= 11 is 0. The van der Waals surface area contributed by atoms with E-state index in [4.69, 9.17) is 5.73 Å². The molecule has 18 heavy (non-hydrogen) atoms. The van der Waals surface area contributed by atoms with Gasteiger partial charge in [-0.15, -0.1) is 0 Å². The van der Waals surface area contributed by atoms with Gasteiger partial charge in [-0.2, -0.15) is 0 Å². The Morgan fingerprint density at radius 2 is 2.11 bits per heavy atom. The Morgan fingerprint density at radius 1 is 1.44 bits per heavy atom. The zero-order chi connectivity index (χ0) is 13.8. The van der Waals surface area contributed by atoms with E-state index >= 15 is 0 Å². The summed E-state index contributed by atoms with van der Waals surface area (Å²) in [5.41, 5.74) is 6.13. The molecule has 0 aromatic carbocycles. The lowest BCUT2D eigenvalue weighted by atomic mass is 9.91. The molecule has 0 radical (unpaired) electrons.